The van der Waals surface area contributed by atoms with Crippen LogP contribution in [0, 0.1) is 5.41 Å². The minimum absolute atomic E-state index is 0.0169. The van der Waals surface area contributed by atoms with Crippen molar-refractivity contribution in [2.45, 2.75) is 32.6 Å². The molecule has 0 aliphatic heterocycles. The van der Waals surface area contributed by atoms with Crippen LogP contribution < -0.4 is 0 Å². The van der Waals surface area contributed by atoms with Gasteiger partial charge in [0.25, 0.3) is 0 Å². The van der Waals surface area contributed by atoms with E-state index in [-0.39, 0.29) is 120 Å². The summed E-state index contributed by atoms with van der Waals surface area (Å²) in [5.41, 5.74) is -1.13. The van der Waals surface area contributed by atoms with Gasteiger partial charge < -0.3 is 42.6 Å². The molecule has 0 aromatic rings. The third kappa shape index (κ3) is 30.3. The van der Waals surface area contributed by atoms with E-state index in [9.17, 15) is 43.2 Å². The molecule has 0 heterocycles. The summed E-state index contributed by atoms with van der Waals surface area (Å²) >= 11 is 3.33. The van der Waals surface area contributed by atoms with E-state index >= 15 is 0 Å². The van der Waals surface area contributed by atoms with Gasteiger partial charge in [-0.2, -0.15) is 0 Å². The van der Waals surface area contributed by atoms with Crippen LogP contribution in [0.5, 0.6) is 0 Å². The minimum atomic E-state index is -1.13. The van der Waals surface area contributed by atoms with E-state index in [1.54, 1.807) is 6.92 Å². The number of carbonyl (C=O) groups excluding carboxylic acids is 9. The first-order valence-electron chi connectivity index (χ1n) is 17.3. The van der Waals surface area contributed by atoms with E-state index in [1.807, 2.05) is 0 Å². The molecule has 0 aromatic heterocycles. The van der Waals surface area contributed by atoms with Gasteiger partial charge in [0, 0.05) is 35.5 Å². The molecule has 0 rings (SSSR count). The number of hydrogen-bond acceptors (Lipinski definition) is 21. The highest BCUT2D eigenvalue weighted by Gasteiger charge is 2.34. The maximum Gasteiger partial charge on any atom is 0.330 e. The van der Waals surface area contributed by atoms with Gasteiger partial charge in [0.1, 0.15) is 59.5 Å². The SMILES string of the molecule is C=CC(=O)OCCOC(=O)CCSCC(=O)OCC(CC)(COC(=O)CSCCC(=O)OCCOC(=O)C=C)COC(=O)CSCCC(=O)OCCOC(=O)C=C. The summed E-state index contributed by atoms with van der Waals surface area (Å²) < 4.78 is 45.3. The lowest BCUT2D eigenvalue weighted by molar-refractivity contribution is -0.159. The average molecular weight is 867 g/mol. The molecular weight excluding hydrogens is 817 g/mol. The summed E-state index contributed by atoms with van der Waals surface area (Å²) in [6.45, 7) is 9.89. The van der Waals surface area contributed by atoms with Crippen LogP contribution in [0.3, 0.4) is 0 Å². The van der Waals surface area contributed by atoms with Crippen molar-refractivity contribution in [3.63, 3.8) is 0 Å². The van der Waals surface area contributed by atoms with Crippen LogP contribution in [0.2, 0.25) is 0 Å². The summed E-state index contributed by atoms with van der Waals surface area (Å²) in [4.78, 5) is 106. The van der Waals surface area contributed by atoms with Gasteiger partial charge in [0.15, 0.2) is 0 Å². The highest BCUT2D eigenvalue weighted by atomic mass is 32.2. The summed E-state index contributed by atoms with van der Waals surface area (Å²) in [7, 11) is 0. The van der Waals surface area contributed by atoms with E-state index in [1.165, 1.54) is 0 Å². The smallest absolute Gasteiger partial charge is 0.330 e. The van der Waals surface area contributed by atoms with Crippen molar-refractivity contribution >= 4 is 89.0 Å². The number of ether oxygens (including phenoxy) is 9. The third-order valence-electron chi connectivity index (χ3n) is 6.65. The van der Waals surface area contributed by atoms with E-state index in [0.717, 1.165) is 53.5 Å². The summed E-state index contributed by atoms with van der Waals surface area (Å²) in [6, 6.07) is 0. The molecule has 21 heteroatoms. The van der Waals surface area contributed by atoms with Crippen molar-refractivity contribution in [3.8, 4) is 0 Å². The molecule has 0 amide bonds. The Morgan fingerprint density at radius 3 is 0.930 bits per heavy atom. The Labute approximate surface area is 343 Å². The highest BCUT2D eigenvalue weighted by molar-refractivity contribution is 8.00. The van der Waals surface area contributed by atoms with Crippen molar-refractivity contribution < 1.29 is 85.8 Å². The van der Waals surface area contributed by atoms with Gasteiger partial charge in [0.2, 0.25) is 0 Å². The van der Waals surface area contributed by atoms with E-state index in [0.29, 0.717) is 0 Å². The Morgan fingerprint density at radius 2 is 0.684 bits per heavy atom. The van der Waals surface area contributed by atoms with Gasteiger partial charge in [-0.1, -0.05) is 26.7 Å². The van der Waals surface area contributed by atoms with E-state index < -0.39 is 59.1 Å². The normalized spacial score (nSPS) is 10.5. The molecule has 57 heavy (non-hydrogen) atoms. The molecule has 0 saturated heterocycles. The second-order valence-electron chi connectivity index (χ2n) is 11.0. The second-order valence-corrected chi connectivity index (χ2v) is 14.3. The Hall–Kier alpha value is -4.50. The first-order valence-corrected chi connectivity index (χ1v) is 20.8. The standard InChI is InChI=1S/C36H50O18S3/c1-5-27(37)46-12-15-49-30(40)9-18-55-21-33(43)52-24-36(8-4,25-53-34(44)22-56-19-10-31(41)50-16-13-47-28(38)6-2)26-54-35(45)23-57-20-11-32(42)51-17-14-48-29(39)7-3/h5-7H,1-3,8-26H2,4H3. The number of thioether (sulfide) groups is 3. The molecule has 0 fully saturated rings. The lowest BCUT2D eigenvalue weighted by Gasteiger charge is -2.31. The quantitative estimate of drug-likeness (QED) is 0.0390. The van der Waals surface area contributed by atoms with Crippen molar-refractivity contribution in [2.24, 2.45) is 5.41 Å². The van der Waals surface area contributed by atoms with Crippen LogP contribution in [-0.2, 0) is 85.8 Å². The molecule has 0 spiro atoms. The Bertz CT molecular complexity index is 1200. The number of carbonyl (C=O) groups is 9. The number of esters is 9. The topological polar surface area (TPSA) is 237 Å². The lowest BCUT2D eigenvalue weighted by atomic mass is 9.88. The maximum absolute atomic E-state index is 12.6. The van der Waals surface area contributed by atoms with Gasteiger partial charge in [-0.05, 0) is 6.42 Å². The number of hydrogen-bond donors (Lipinski definition) is 0. The molecule has 18 nitrogen and oxygen atoms in total. The Morgan fingerprint density at radius 1 is 0.421 bits per heavy atom. The van der Waals surface area contributed by atoms with Crippen LogP contribution >= 0.6 is 35.3 Å². The zero-order valence-corrected chi connectivity index (χ0v) is 34.3. The molecule has 320 valence electrons. The molecule has 0 unspecified atom stereocenters. The fourth-order valence-corrected chi connectivity index (χ4v) is 5.59. The summed E-state index contributed by atoms with van der Waals surface area (Å²) in [5.74, 6) is -5.18. The molecule has 0 aliphatic rings. The van der Waals surface area contributed by atoms with Gasteiger partial charge in [0.05, 0.1) is 41.9 Å². The monoisotopic (exact) mass is 866 g/mol. The van der Waals surface area contributed by atoms with Gasteiger partial charge in [-0.25, -0.2) is 14.4 Å². The third-order valence-corrected chi connectivity index (χ3v) is 9.45. The highest BCUT2D eigenvalue weighted by Crippen LogP contribution is 2.25. The fourth-order valence-electron chi connectivity index (χ4n) is 3.48. The van der Waals surface area contributed by atoms with Crippen molar-refractivity contribution in [1.82, 2.24) is 0 Å². The molecule has 0 saturated carbocycles. The molecular formula is C36H50O18S3. The second kappa shape index (κ2) is 33.6. The fraction of sp³-hybridized carbons (Fsp3) is 0.583. The Kier molecular flexibility index (Phi) is 31.0. The average Bonchev–Trinajstić information content (AvgIpc) is 3.21. The molecule has 0 aliphatic carbocycles. The molecule has 0 atom stereocenters. The van der Waals surface area contributed by atoms with Crippen LogP contribution in [-0.4, -0.2) is 148 Å². The predicted molar refractivity (Wildman–Crippen MR) is 208 cm³/mol. The maximum atomic E-state index is 12.6. The van der Waals surface area contributed by atoms with Crippen molar-refractivity contribution in [2.75, 3.05) is 94.0 Å². The van der Waals surface area contributed by atoms with Crippen LogP contribution in [0.4, 0.5) is 0 Å². The van der Waals surface area contributed by atoms with Crippen LogP contribution in [0.1, 0.15) is 32.6 Å². The molecule has 0 N–H and O–H groups in total. The summed E-state index contributed by atoms with van der Waals surface area (Å²) in [5, 5.41) is 0. The van der Waals surface area contributed by atoms with Gasteiger partial charge in [-0.15, -0.1) is 35.3 Å². The zero-order valence-electron chi connectivity index (χ0n) is 31.9. The minimum Gasteiger partial charge on any atom is -0.464 e. The van der Waals surface area contributed by atoms with Crippen molar-refractivity contribution in [1.29, 1.82) is 0 Å². The molecule has 0 radical (unpaired) electrons. The van der Waals surface area contributed by atoms with Crippen LogP contribution in [0.15, 0.2) is 38.0 Å². The molecule has 0 bridgehead atoms. The van der Waals surface area contributed by atoms with E-state index in [4.69, 9.17) is 42.6 Å². The lowest BCUT2D eigenvalue weighted by Crippen LogP contribution is -2.39. The Balaban J connectivity index is 4.94. The van der Waals surface area contributed by atoms with Gasteiger partial charge in [-0.3, -0.25) is 28.8 Å². The van der Waals surface area contributed by atoms with Crippen LogP contribution in [0.25, 0.3) is 0 Å². The van der Waals surface area contributed by atoms with E-state index in [2.05, 4.69) is 19.7 Å². The first-order chi connectivity index (χ1) is 27.3. The van der Waals surface area contributed by atoms with Gasteiger partial charge >= 0.3 is 53.7 Å². The molecule has 0 aromatic carbocycles. The number of rotatable bonds is 34. The summed E-state index contributed by atoms with van der Waals surface area (Å²) in [6.07, 6.45) is 3.15. The largest absolute Gasteiger partial charge is 0.464 e. The zero-order chi connectivity index (χ0) is 42.7. The first kappa shape index (κ1) is 52.5. The predicted octanol–water partition coefficient (Wildman–Crippen LogP) is 2.20. The van der Waals surface area contributed by atoms with Crippen molar-refractivity contribution in [3.05, 3.63) is 38.0 Å².